The fourth-order valence-corrected chi connectivity index (χ4v) is 2.94. The van der Waals surface area contributed by atoms with Gasteiger partial charge in [-0.3, -0.25) is 4.79 Å². The van der Waals surface area contributed by atoms with E-state index in [0.29, 0.717) is 32.4 Å². The number of carbonyl (C=O) groups is 2. The maximum Gasteiger partial charge on any atom is 0.410 e. The number of piperidine rings is 1. The Balaban J connectivity index is 2.03. The molecular weight excluding hydrogens is 292 g/mol. The first-order valence-corrected chi connectivity index (χ1v) is 8.04. The summed E-state index contributed by atoms with van der Waals surface area (Å²) in [5, 5.41) is 0. The molecule has 0 saturated carbocycles. The zero-order valence-electron chi connectivity index (χ0n) is 14.2. The predicted octanol–water partition coefficient (Wildman–Crippen LogP) is 2.73. The summed E-state index contributed by atoms with van der Waals surface area (Å²) in [6.45, 7) is 6.52. The molecule has 1 fully saturated rings. The molecule has 0 spiro atoms. The second-order valence-electron chi connectivity index (χ2n) is 7.27. The summed E-state index contributed by atoms with van der Waals surface area (Å²) in [5.74, 6) is -0.287. The molecule has 23 heavy (non-hydrogen) atoms. The number of benzene rings is 1. The highest BCUT2D eigenvalue weighted by Gasteiger charge is 2.41. The molecule has 1 saturated heterocycles. The van der Waals surface area contributed by atoms with Crippen molar-refractivity contribution in [3.63, 3.8) is 0 Å². The standard InChI is InChI=1S/C18H26N2O3/c1-17(2,3)23-16(22)20-11-9-18(10-12-20,15(19)21)13-14-7-5-4-6-8-14/h4-8H,9-13H2,1-3H3,(H2,19,21). The van der Waals surface area contributed by atoms with E-state index in [2.05, 4.69) is 0 Å². The minimum absolute atomic E-state index is 0.287. The van der Waals surface area contributed by atoms with Gasteiger partial charge in [0.25, 0.3) is 0 Å². The molecule has 0 atom stereocenters. The number of nitrogens with zero attached hydrogens (tertiary/aromatic N) is 1. The topological polar surface area (TPSA) is 72.6 Å². The number of ether oxygens (including phenoxy) is 1. The predicted molar refractivity (Wildman–Crippen MR) is 88.8 cm³/mol. The highest BCUT2D eigenvalue weighted by molar-refractivity contribution is 5.81. The van der Waals surface area contributed by atoms with Crippen LogP contribution in [-0.4, -0.2) is 35.6 Å². The molecule has 0 aliphatic carbocycles. The third-order valence-electron chi connectivity index (χ3n) is 4.28. The van der Waals surface area contributed by atoms with Crippen molar-refractivity contribution in [2.75, 3.05) is 13.1 Å². The highest BCUT2D eigenvalue weighted by Crippen LogP contribution is 2.35. The second-order valence-corrected chi connectivity index (χ2v) is 7.27. The van der Waals surface area contributed by atoms with E-state index in [1.807, 2.05) is 51.1 Å². The molecule has 0 unspecified atom stereocenters. The zero-order valence-corrected chi connectivity index (χ0v) is 14.2. The van der Waals surface area contributed by atoms with Crippen LogP contribution in [-0.2, 0) is 16.0 Å². The van der Waals surface area contributed by atoms with Crippen molar-refractivity contribution in [3.05, 3.63) is 35.9 Å². The Hall–Kier alpha value is -2.04. The molecule has 0 aromatic heterocycles. The van der Waals surface area contributed by atoms with E-state index >= 15 is 0 Å². The van der Waals surface area contributed by atoms with E-state index in [1.165, 1.54) is 0 Å². The van der Waals surface area contributed by atoms with Crippen LogP contribution in [0.1, 0.15) is 39.2 Å². The van der Waals surface area contributed by atoms with Crippen LogP contribution >= 0.6 is 0 Å². The average molecular weight is 318 g/mol. The van der Waals surface area contributed by atoms with Crippen LogP contribution in [0, 0.1) is 5.41 Å². The van der Waals surface area contributed by atoms with E-state index in [1.54, 1.807) is 4.90 Å². The number of nitrogens with two attached hydrogens (primary N) is 1. The Kier molecular flexibility index (Phi) is 4.97. The summed E-state index contributed by atoms with van der Waals surface area (Å²) in [7, 11) is 0. The lowest BCUT2D eigenvalue weighted by atomic mass is 9.73. The number of rotatable bonds is 3. The van der Waals surface area contributed by atoms with E-state index in [9.17, 15) is 9.59 Å². The van der Waals surface area contributed by atoms with Gasteiger partial charge in [-0.2, -0.15) is 0 Å². The summed E-state index contributed by atoms with van der Waals surface area (Å²) < 4.78 is 5.39. The molecule has 1 aliphatic heterocycles. The van der Waals surface area contributed by atoms with Crippen LogP contribution in [0.3, 0.4) is 0 Å². The lowest BCUT2D eigenvalue weighted by molar-refractivity contribution is -0.130. The van der Waals surface area contributed by atoms with E-state index in [-0.39, 0.29) is 12.0 Å². The fraction of sp³-hybridized carbons (Fsp3) is 0.556. The van der Waals surface area contributed by atoms with Gasteiger partial charge >= 0.3 is 6.09 Å². The maximum absolute atomic E-state index is 12.1. The Bertz CT molecular complexity index is 555. The molecule has 5 nitrogen and oxygen atoms in total. The Morgan fingerprint density at radius 1 is 1.17 bits per heavy atom. The number of carbonyl (C=O) groups excluding carboxylic acids is 2. The molecule has 2 amide bonds. The van der Waals surface area contributed by atoms with Gasteiger partial charge in [-0.1, -0.05) is 30.3 Å². The van der Waals surface area contributed by atoms with Gasteiger partial charge in [-0.15, -0.1) is 0 Å². The fourth-order valence-electron chi connectivity index (χ4n) is 2.94. The van der Waals surface area contributed by atoms with E-state index < -0.39 is 11.0 Å². The SMILES string of the molecule is CC(C)(C)OC(=O)N1CCC(Cc2ccccc2)(C(N)=O)CC1. The normalized spacial score (nSPS) is 17.6. The lowest BCUT2D eigenvalue weighted by Gasteiger charge is -2.40. The molecule has 2 rings (SSSR count). The van der Waals surface area contributed by atoms with E-state index in [0.717, 1.165) is 5.56 Å². The molecule has 0 radical (unpaired) electrons. The van der Waals surface area contributed by atoms with Gasteiger partial charge in [0.2, 0.25) is 5.91 Å². The van der Waals surface area contributed by atoms with Gasteiger partial charge in [-0.05, 0) is 45.6 Å². The summed E-state index contributed by atoms with van der Waals surface area (Å²) in [6.07, 6.45) is 1.42. The monoisotopic (exact) mass is 318 g/mol. The molecule has 2 N–H and O–H groups in total. The quantitative estimate of drug-likeness (QED) is 0.931. The Labute approximate surface area is 137 Å². The van der Waals surface area contributed by atoms with Crippen LogP contribution in [0.4, 0.5) is 4.79 Å². The Morgan fingerprint density at radius 2 is 1.74 bits per heavy atom. The van der Waals surface area contributed by atoms with Crippen molar-refractivity contribution in [2.24, 2.45) is 11.1 Å². The molecule has 1 heterocycles. The molecule has 1 aromatic rings. The largest absolute Gasteiger partial charge is 0.444 e. The van der Waals surface area contributed by atoms with Gasteiger partial charge < -0.3 is 15.4 Å². The number of likely N-dealkylation sites (tertiary alicyclic amines) is 1. The van der Waals surface area contributed by atoms with Gasteiger partial charge in [0.05, 0.1) is 5.41 Å². The van der Waals surface area contributed by atoms with Crippen LogP contribution < -0.4 is 5.73 Å². The third-order valence-corrected chi connectivity index (χ3v) is 4.28. The third kappa shape index (κ3) is 4.47. The Morgan fingerprint density at radius 3 is 2.22 bits per heavy atom. The van der Waals surface area contributed by atoms with Crippen molar-refractivity contribution in [3.8, 4) is 0 Å². The second kappa shape index (κ2) is 6.60. The molecule has 1 aliphatic rings. The van der Waals surface area contributed by atoms with Crippen LogP contribution in [0.25, 0.3) is 0 Å². The van der Waals surface area contributed by atoms with Crippen molar-refractivity contribution in [1.29, 1.82) is 0 Å². The average Bonchev–Trinajstić information content (AvgIpc) is 2.47. The molecule has 1 aromatic carbocycles. The van der Waals surface area contributed by atoms with Crippen molar-refractivity contribution in [2.45, 2.75) is 45.6 Å². The van der Waals surface area contributed by atoms with Gasteiger partial charge in [-0.25, -0.2) is 4.79 Å². The number of primary amides is 1. The lowest BCUT2D eigenvalue weighted by Crippen LogP contribution is -2.50. The summed E-state index contributed by atoms with van der Waals surface area (Å²) in [5.41, 5.74) is 5.70. The minimum Gasteiger partial charge on any atom is -0.444 e. The molecule has 126 valence electrons. The maximum atomic E-state index is 12.1. The van der Waals surface area contributed by atoms with Gasteiger partial charge in [0, 0.05) is 13.1 Å². The number of hydrogen-bond donors (Lipinski definition) is 1. The molecular formula is C18H26N2O3. The van der Waals surface area contributed by atoms with Gasteiger partial charge in [0.15, 0.2) is 0 Å². The first-order chi connectivity index (χ1) is 10.7. The van der Waals surface area contributed by atoms with Crippen LogP contribution in [0.2, 0.25) is 0 Å². The summed E-state index contributed by atoms with van der Waals surface area (Å²) in [6, 6.07) is 9.88. The highest BCUT2D eigenvalue weighted by atomic mass is 16.6. The first kappa shape index (κ1) is 17.3. The first-order valence-electron chi connectivity index (χ1n) is 8.04. The van der Waals surface area contributed by atoms with E-state index in [4.69, 9.17) is 10.5 Å². The van der Waals surface area contributed by atoms with Crippen molar-refractivity contribution < 1.29 is 14.3 Å². The molecule has 5 heteroatoms. The summed E-state index contributed by atoms with van der Waals surface area (Å²) >= 11 is 0. The zero-order chi connectivity index (χ0) is 17.1. The van der Waals surface area contributed by atoms with Crippen LogP contribution in [0.5, 0.6) is 0 Å². The summed E-state index contributed by atoms with van der Waals surface area (Å²) in [4.78, 5) is 25.9. The van der Waals surface area contributed by atoms with Crippen molar-refractivity contribution >= 4 is 12.0 Å². The number of hydrogen-bond acceptors (Lipinski definition) is 3. The molecule has 0 bridgehead atoms. The minimum atomic E-state index is -0.583. The van der Waals surface area contributed by atoms with Gasteiger partial charge in [0.1, 0.15) is 5.60 Å². The van der Waals surface area contributed by atoms with Crippen molar-refractivity contribution in [1.82, 2.24) is 4.90 Å². The number of amides is 2. The smallest absolute Gasteiger partial charge is 0.410 e. The van der Waals surface area contributed by atoms with Crippen LogP contribution in [0.15, 0.2) is 30.3 Å².